The number of hydrogen-bond donors (Lipinski definition) is 4. The number of carbonyl (C=O) groups is 3. The van der Waals surface area contributed by atoms with Gasteiger partial charge in [0.2, 0.25) is 0 Å². The average molecular weight is 272 g/mol. The van der Waals surface area contributed by atoms with E-state index in [0.29, 0.717) is 19.4 Å². The zero-order valence-corrected chi connectivity index (χ0v) is 10.9. The molecule has 4 amide bonds. The maximum Gasteiger partial charge on any atom is 0.317 e. The van der Waals surface area contributed by atoms with E-state index in [1.54, 1.807) is 6.92 Å². The van der Waals surface area contributed by atoms with E-state index in [1.807, 2.05) is 0 Å². The van der Waals surface area contributed by atoms with Crippen LogP contribution in [0.25, 0.3) is 0 Å². The Balaban J connectivity index is 2.40. The lowest BCUT2D eigenvalue weighted by molar-refractivity contribution is -0.150. The first-order chi connectivity index (χ1) is 8.85. The Morgan fingerprint density at radius 1 is 1.32 bits per heavy atom. The lowest BCUT2D eigenvalue weighted by Crippen LogP contribution is -2.52. The summed E-state index contributed by atoms with van der Waals surface area (Å²) < 4.78 is 0. The molecule has 0 spiro atoms. The van der Waals surface area contributed by atoms with Gasteiger partial charge in [0.15, 0.2) is 0 Å². The molecule has 1 aliphatic heterocycles. The molecule has 8 nitrogen and oxygen atoms in total. The summed E-state index contributed by atoms with van der Waals surface area (Å²) in [5.41, 5.74) is 3.99. The van der Waals surface area contributed by atoms with Crippen LogP contribution >= 0.6 is 0 Å². The number of amides is 4. The second-order valence-corrected chi connectivity index (χ2v) is 4.91. The van der Waals surface area contributed by atoms with Crippen molar-refractivity contribution in [2.45, 2.75) is 19.8 Å². The molecule has 0 aromatic carbocycles. The molecule has 0 aromatic heterocycles. The minimum atomic E-state index is -0.889. The molecule has 1 atom stereocenters. The number of carboxylic acids is 1. The van der Waals surface area contributed by atoms with Gasteiger partial charge in [0, 0.05) is 26.2 Å². The molecule has 1 heterocycles. The molecule has 0 bridgehead atoms. The molecular formula is C11H20N4O4. The Morgan fingerprint density at radius 3 is 2.53 bits per heavy atom. The first kappa shape index (κ1) is 15.1. The molecule has 0 saturated carbocycles. The van der Waals surface area contributed by atoms with Gasteiger partial charge in [-0.1, -0.05) is 0 Å². The molecule has 108 valence electrons. The molecule has 19 heavy (non-hydrogen) atoms. The molecular weight excluding hydrogens is 252 g/mol. The van der Waals surface area contributed by atoms with Gasteiger partial charge < -0.3 is 26.4 Å². The number of rotatable bonds is 4. The summed E-state index contributed by atoms with van der Waals surface area (Å²) in [5, 5.41) is 14.1. The van der Waals surface area contributed by atoms with Crippen molar-refractivity contribution >= 4 is 18.0 Å². The fraction of sp³-hybridized carbons (Fsp3) is 0.727. The predicted octanol–water partition coefficient (Wildman–Crippen LogP) is -0.449. The molecule has 1 unspecified atom stereocenters. The van der Waals surface area contributed by atoms with Gasteiger partial charge in [0.25, 0.3) is 0 Å². The smallest absolute Gasteiger partial charge is 0.317 e. The summed E-state index contributed by atoms with van der Waals surface area (Å²) in [5.74, 6) is -0.889. The number of nitrogens with one attached hydrogen (secondary N) is 2. The van der Waals surface area contributed by atoms with Crippen molar-refractivity contribution in [2.24, 2.45) is 11.1 Å². The lowest BCUT2D eigenvalue weighted by atomic mass is 9.82. The molecule has 0 aliphatic carbocycles. The Hall–Kier alpha value is -1.99. The highest BCUT2D eigenvalue weighted by molar-refractivity contribution is 5.78. The molecule has 1 aliphatic rings. The Kier molecular flexibility index (Phi) is 4.96. The van der Waals surface area contributed by atoms with Crippen LogP contribution in [0.1, 0.15) is 19.8 Å². The van der Waals surface area contributed by atoms with Crippen LogP contribution in [0.15, 0.2) is 0 Å². The third kappa shape index (κ3) is 4.31. The van der Waals surface area contributed by atoms with Crippen molar-refractivity contribution in [1.29, 1.82) is 0 Å². The van der Waals surface area contributed by atoms with E-state index in [9.17, 15) is 14.4 Å². The number of likely N-dealkylation sites (tertiary alicyclic amines) is 1. The minimum Gasteiger partial charge on any atom is -0.481 e. The fourth-order valence-corrected chi connectivity index (χ4v) is 2.05. The van der Waals surface area contributed by atoms with Gasteiger partial charge in [-0.2, -0.15) is 0 Å². The van der Waals surface area contributed by atoms with E-state index in [1.165, 1.54) is 4.90 Å². The Bertz CT molecular complexity index is 374. The number of aliphatic carboxylic acids is 1. The fourth-order valence-electron chi connectivity index (χ4n) is 2.05. The molecule has 1 rings (SSSR count). The van der Waals surface area contributed by atoms with Crippen LogP contribution in [-0.4, -0.2) is 54.2 Å². The van der Waals surface area contributed by atoms with E-state index in [2.05, 4.69) is 10.6 Å². The van der Waals surface area contributed by atoms with Gasteiger partial charge in [0.05, 0.1) is 5.41 Å². The summed E-state index contributed by atoms with van der Waals surface area (Å²) in [7, 11) is 0. The first-order valence-corrected chi connectivity index (χ1v) is 6.14. The predicted molar refractivity (Wildman–Crippen MR) is 67.5 cm³/mol. The number of carboxylic acid groups (broad SMARTS) is 1. The van der Waals surface area contributed by atoms with Crippen LogP contribution in [0.2, 0.25) is 0 Å². The number of hydrogen-bond acceptors (Lipinski definition) is 3. The van der Waals surface area contributed by atoms with Gasteiger partial charge in [-0.3, -0.25) is 4.79 Å². The van der Waals surface area contributed by atoms with Gasteiger partial charge in [-0.25, -0.2) is 9.59 Å². The van der Waals surface area contributed by atoms with Crippen LogP contribution in [0.4, 0.5) is 9.59 Å². The maximum absolute atomic E-state index is 11.8. The van der Waals surface area contributed by atoms with Crippen molar-refractivity contribution in [3.05, 3.63) is 0 Å². The summed E-state index contributed by atoms with van der Waals surface area (Å²) in [6.45, 7) is 2.87. The molecule has 5 N–H and O–H groups in total. The van der Waals surface area contributed by atoms with Crippen molar-refractivity contribution in [3.8, 4) is 0 Å². The molecule has 0 radical (unpaired) electrons. The highest BCUT2D eigenvalue weighted by Gasteiger charge is 2.39. The molecule has 0 aromatic rings. The highest BCUT2D eigenvalue weighted by Crippen LogP contribution is 2.29. The van der Waals surface area contributed by atoms with Crippen molar-refractivity contribution in [2.75, 3.05) is 26.2 Å². The summed E-state index contributed by atoms with van der Waals surface area (Å²) in [6.07, 6.45) is 1.23. The molecule has 8 heteroatoms. The van der Waals surface area contributed by atoms with Crippen LogP contribution < -0.4 is 16.4 Å². The monoisotopic (exact) mass is 272 g/mol. The third-order valence-corrected chi connectivity index (χ3v) is 3.20. The summed E-state index contributed by atoms with van der Waals surface area (Å²) in [6, 6.07) is -0.968. The zero-order chi connectivity index (χ0) is 14.5. The maximum atomic E-state index is 11.8. The van der Waals surface area contributed by atoms with Gasteiger partial charge >= 0.3 is 18.0 Å². The lowest BCUT2D eigenvalue weighted by Gasteiger charge is -2.37. The largest absolute Gasteiger partial charge is 0.481 e. The zero-order valence-electron chi connectivity index (χ0n) is 10.9. The third-order valence-electron chi connectivity index (χ3n) is 3.20. The van der Waals surface area contributed by atoms with Gasteiger partial charge in [-0.15, -0.1) is 0 Å². The number of carbonyl (C=O) groups excluding carboxylic acids is 2. The standard InChI is InChI=1S/C11H20N4O4/c1-11(8(16)17)3-2-6-15(7-11)10(19)14-5-4-13-9(12)18/h2-7H2,1H3,(H,14,19)(H,16,17)(H3,12,13,18). The summed E-state index contributed by atoms with van der Waals surface area (Å²) >= 11 is 0. The molecule has 1 saturated heterocycles. The topological polar surface area (TPSA) is 125 Å². The second-order valence-electron chi connectivity index (χ2n) is 4.91. The van der Waals surface area contributed by atoms with Crippen LogP contribution in [-0.2, 0) is 4.79 Å². The van der Waals surface area contributed by atoms with Crippen molar-refractivity contribution in [1.82, 2.24) is 15.5 Å². The molecule has 1 fully saturated rings. The number of piperidine rings is 1. The van der Waals surface area contributed by atoms with E-state index in [-0.39, 0.29) is 25.7 Å². The van der Waals surface area contributed by atoms with Crippen LogP contribution in [0.5, 0.6) is 0 Å². The Labute approximate surface area is 111 Å². The average Bonchev–Trinajstić information content (AvgIpc) is 2.34. The quantitative estimate of drug-likeness (QED) is 0.517. The minimum absolute atomic E-state index is 0.192. The Morgan fingerprint density at radius 2 is 1.95 bits per heavy atom. The van der Waals surface area contributed by atoms with E-state index >= 15 is 0 Å². The van der Waals surface area contributed by atoms with E-state index < -0.39 is 17.4 Å². The summed E-state index contributed by atoms with van der Waals surface area (Å²) in [4.78, 5) is 34.9. The van der Waals surface area contributed by atoms with Gasteiger partial charge in [-0.05, 0) is 19.8 Å². The number of nitrogens with two attached hydrogens (primary N) is 1. The van der Waals surface area contributed by atoms with Crippen LogP contribution in [0, 0.1) is 5.41 Å². The van der Waals surface area contributed by atoms with Gasteiger partial charge in [0.1, 0.15) is 0 Å². The number of urea groups is 2. The van der Waals surface area contributed by atoms with E-state index in [0.717, 1.165) is 0 Å². The van der Waals surface area contributed by atoms with Crippen LogP contribution in [0.3, 0.4) is 0 Å². The first-order valence-electron chi connectivity index (χ1n) is 6.14. The SMILES string of the molecule is CC1(C(=O)O)CCCN(C(=O)NCCNC(N)=O)C1. The van der Waals surface area contributed by atoms with Crippen molar-refractivity contribution < 1.29 is 19.5 Å². The van der Waals surface area contributed by atoms with Crippen molar-refractivity contribution in [3.63, 3.8) is 0 Å². The second kappa shape index (κ2) is 6.26. The van der Waals surface area contributed by atoms with E-state index in [4.69, 9.17) is 10.8 Å². The highest BCUT2D eigenvalue weighted by atomic mass is 16.4. The normalized spacial score (nSPS) is 22.7. The number of primary amides is 1. The number of nitrogens with zero attached hydrogens (tertiary/aromatic N) is 1.